The molecule has 1 heterocycles. The highest BCUT2D eigenvalue weighted by atomic mass is 35.5. The molecule has 0 saturated heterocycles. The highest BCUT2D eigenvalue weighted by Crippen LogP contribution is 2.36. The third kappa shape index (κ3) is 5.69. The Balaban J connectivity index is 2.09. The molecule has 162 valence electrons. The van der Waals surface area contributed by atoms with Crippen LogP contribution in [0.15, 0.2) is 30.3 Å². The summed E-state index contributed by atoms with van der Waals surface area (Å²) in [5.74, 6) is 5.25. The van der Waals surface area contributed by atoms with Gasteiger partial charge in [0.05, 0.1) is 18.7 Å². The molecule has 5 nitrogen and oxygen atoms in total. The molecular formula is C24H28ClN3O2Si. The number of halogens is 1. The molecule has 3 rings (SSSR count). The minimum absolute atomic E-state index is 0.161. The van der Waals surface area contributed by atoms with Crippen LogP contribution < -0.4 is 14.8 Å². The van der Waals surface area contributed by atoms with E-state index < -0.39 is 8.07 Å². The summed E-state index contributed by atoms with van der Waals surface area (Å²) in [6, 6.07) is 9.78. The van der Waals surface area contributed by atoms with Crippen LogP contribution in [0.5, 0.6) is 11.5 Å². The minimum atomic E-state index is -1.47. The Morgan fingerprint density at radius 2 is 1.71 bits per heavy atom. The van der Waals surface area contributed by atoms with Crippen molar-refractivity contribution in [2.75, 3.05) is 18.5 Å². The van der Waals surface area contributed by atoms with Crippen LogP contribution in [-0.2, 0) is 0 Å². The quantitative estimate of drug-likeness (QED) is 0.267. The van der Waals surface area contributed by atoms with Gasteiger partial charge in [0.15, 0.2) is 11.5 Å². The molecule has 0 radical (unpaired) electrons. The normalized spacial score (nSPS) is 11.1. The third-order valence-corrected chi connectivity index (χ3v) is 5.54. The molecule has 0 aliphatic carbocycles. The van der Waals surface area contributed by atoms with Crippen LogP contribution >= 0.6 is 11.6 Å². The fourth-order valence-corrected chi connectivity index (χ4v) is 3.71. The van der Waals surface area contributed by atoms with Crippen LogP contribution in [0.25, 0.3) is 10.9 Å². The molecule has 31 heavy (non-hydrogen) atoms. The zero-order valence-electron chi connectivity index (χ0n) is 18.9. The maximum atomic E-state index is 6.24. The molecule has 3 aromatic rings. The van der Waals surface area contributed by atoms with Gasteiger partial charge < -0.3 is 14.8 Å². The highest BCUT2D eigenvalue weighted by Gasteiger charge is 2.15. The first kappa shape index (κ1) is 22.9. The van der Waals surface area contributed by atoms with Crippen molar-refractivity contribution in [3.05, 3.63) is 46.7 Å². The summed E-state index contributed by atoms with van der Waals surface area (Å²) >= 11 is 6.24. The van der Waals surface area contributed by atoms with E-state index in [2.05, 4.69) is 53.3 Å². The van der Waals surface area contributed by atoms with Gasteiger partial charge in [0.25, 0.3) is 0 Å². The van der Waals surface area contributed by atoms with Crippen molar-refractivity contribution in [3.63, 3.8) is 0 Å². The van der Waals surface area contributed by atoms with Crippen LogP contribution in [0.2, 0.25) is 24.9 Å². The largest absolute Gasteiger partial charge is 0.490 e. The average Bonchev–Trinajstić information content (AvgIpc) is 2.69. The van der Waals surface area contributed by atoms with E-state index in [0.29, 0.717) is 36.0 Å². The zero-order chi connectivity index (χ0) is 22.6. The number of hydrogen-bond acceptors (Lipinski definition) is 5. The minimum Gasteiger partial charge on any atom is -0.490 e. The second kappa shape index (κ2) is 9.59. The van der Waals surface area contributed by atoms with Gasteiger partial charge in [-0.15, -0.1) is 5.54 Å². The maximum absolute atomic E-state index is 6.24. The monoisotopic (exact) mass is 453 g/mol. The Kier molecular flexibility index (Phi) is 7.09. The summed E-state index contributed by atoms with van der Waals surface area (Å²) in [6.45, 7) is 13.7. The number of nitrogens with one attached hydrogen (secondary N) is 1. The number of anilines is 2. The van der Waals surface area contributed by atoms with E-state index >= 15 is 0 Å². The molecule has 1 N–H and O–H groups in total. The standard InChI is InChI=1S/C24H28ClN3O2Si/c1-7-29-21-14-18-20(15-22(21)30-8-2)27-24(25)28-23(18)26-19-11-9-10-17(16(19)3)12-13-31(4,5)6/h9-11,14-15H,7-8H2,1-6H3,(H,26,27,28). The van der Waals surface area contributed by atoms with Crippen molar-refractivity contribution < 1.29 is 9.47 Å². The summed E-state index contributed by atoms with van der Waals surface area (Å²) in [5.41, 5.74) is 7.10. The van der Waals surface area contributed by atoms with Crippen molar-refractivity contribution in [3.8, 4) is 23.0 Å². The van der Waals surface area contributed by atoms with Crippen LogP contribution in [0.4, 0.5) is 11.5 Å². The third-order valence-electron chi connectivity index (χ3n) is 4.49. The van der Waals surface area contributed by atoms with E-state index in [4.69, 9.17) is 21.1 Å². The fourth-order valence-electron chi connectivity index (χ4n) is 3.03. The molecule has 0 aliphatic heterocycles. The van der Waals surface area contributed by atoms with E-state index in [1.54, 1.807) is 0 Å². The molecule has 0 atom stereocenters. The van der Waals surface area contributed by atoms with Crippen LogP contribution in [0, 0.1) is 18.4 Å². The number of aromatic nitrogens is 2. The van der Waals surface area contributed by atoms with E-state index in [1.807, 2.05) is 44.2 Å². The maximum Gasteiger partial charge on any atom is 0.224 e. The van der Waals surface area contributed by atoms with Crippen molar-refractivity contribution in [1.29, 1.82) is 0 Å². The number of fused-ring (bicyclic) bond motifs is 1. The van der Waals surface area contributed by atoms with Crippen molar-refractivity contribution in [2.24, 2.45) is 0 Å². The van der Waals surface area contributed by atoms with Crippen molar-refractivity contribution >= 4 is 42.1 Å². The first-order valence-corrected chi connectivity index (χ1v) is 14.3. The molecule has 1 aromatic heterocycles. The molecule has 0 aliphatic rings. The van der Waals surface area contributed by atoms with E-state index in [1.165, 1.54) is 0 Å². The van der Waals surface area contributed by atoms with Gasteiger partial charge in [0.2, 0.25) is 5.28 Å². The number of hydrogen-bond donors (Lipinski definition) is 1. The van der Waals surface area contributed by atoms with Gasteiger partial charge in [-0.1, -0.05) is 31.6 Å². The SMILES string of the molecule is CCOc1cc2nc(Cl)nc(Nc3cccc(C#C[Si](C)(C)C)c3C)c2cc1OCC. The lowest BCUT2D eigenvalue weighted by atomic mass is 10.1. The number of ether oxygens (including phenoxy) is 2. The van der Waals surface area contributed by atoms with E-state index in [-0.39, 0.29) is 5.28 Å². The van der Waals surface area contributed by atoms with E-state index in [0.717, 1.165) is 22.2 Å². The second-order valence-corrected chi connectivity index (χ2v) is 13.2. The van der Waals surface area contributed by atoms with E-state index in [9.17, 15) is 0 Å². The van der Waals surface area contributed by atoms with Gasteiger partial charge in [0, 0.05) is 22.7 Å². The average molecular weight is 454 g/mol. The summed E-state index contributed by atoms with van der Waals surface area (Å²) in [6.07, 6.45) is 0. The molecule has 7 heteroatoms. The molecular weight excluding hydrogens is 426 g/mol. The molecule has 2 aromatic carbocycles. The lowest BCUT2D eigenvalue weighted by Gasteiger charge is -2.15. The predicted molar refractivity (Wildman–Crippen MR) is 132 cm³/mol. The Labute approximate surface area is 190 Å². The van der Waals surface area contributed by atoms with Crippen LogP contribution in [0.1, 0.15) is 25.0 Å². The topological polar surface area (TPSA) is 56.3 Å². The molecule has 0 amide bonds. The number of rotatable bonds is 6. The first-order valence-electron chi connectivity index (χ1n) is 10.4. The van der Waals surface area contributed by atoms with Gasteiger partial charge >= 0.3 is 0 Å². The van der Waals surface area contributed by atoms with Gasteiger partial charge in [-0.25, -0.2) is 4.98 Å². The Hall–Kier alpha value is -2.75. The van der Waals surface area contributed by atoms with Gasteiger partial charge in [-0.05, 0) is 56.1 Å². The zero-order valence-corrected chi connectivity index (χ0v) is 20.6. The fraction of sp³-hybridized carbons (Fsp3) is 0.333. The molecule has 0 unspecified atom stereocenters. The molecule has 0 bridgehead atoms. The van der Waals surface area contributed by atoms with Crippen LogP contribution in [-0.4, -0.2) is 31.3 Å². The first-order chi connectivity index (χ1) is 14.7. The summed E-state index contributed by atoms with van der Waals surface area (Å²) in [5, 5.41) is 4.39. The Morgan fingerprint density at radius 1 is 1.03 bits per heavy atom. The summed E-state index contributed by atoms with van der Waals surface area (Å²) in [7, 11) is -1.47. The summed E-state index contributed by atoms with van der Waals surface area (Å²) < 4.78 is 11.5. The van der Waals surface area contributed by atoms with Gasteiger partial charge in [0.1, 0.15) is 13.9 Å². The van der Waals surface area contributed by atoms with Gasteiger partial charge in [-0.3, -0.25) is 0 Å². The lowest BCUT2D eigenvalue weighted by molar-refractivity contribution is 0.288. The number of benzene rings is 2. The lowest BCUT2D eigenvalue weighted by Crippen LogP contribution is -2.16. The molecule has 0 saturated carbocycles. The summed E-state index contributed by atoms with van der Waals surface area (Å²) in [4.78, 5) is 8.83. The molecule has 0 fully saturated rings. The Bertz CT molecular complexity index is 1160. The Morgan fingerprint density at radius 3 is 2.35 bits per heavy atom. The van der Waals surface area contributed by atoms with Crippen molar-refractivity contribution in [1.82, 2.24) is 9.97 Å². The molecule has 0 spiro atoms. The smallest absolute Gasteiger partial charge is 0.224 e. The van der Waals surface area contributed by atoms with Crippen LogP contribution in [0.3, 0.4) is 0 Å². The predicted octanol–water partition coefficient (Wildman–Crippen LogP) is 6.36. The highest BCUT2D eigenvalue weighted by molar-refractivity contribution is 6.83. The second-order valence-electron chi connectivity index (χ2n) is 8.13. The number of nitrogens with zero attached hydrogens (tertiary/aromatic N) is 2. The van der Waals surface area contributed by atoms with Gasteiger partial charge in [-0.2, -0.15) is 4.98 Å². The van der Waals surface area contributed by atoms with Crippen molar-refractivity contribution in [2.45, 2.75) is 40.4 Å².